The van der Waals surface area contributed by atoms with Gasteiger partial charge in [-0.3, -0.25) is 4.90 Å². The van der Waals surface area contributed by atoms with Gasteiger partial charge >= 0.3 is 0 Å². The van der Waals surface area contributed by atoms with Crippen molar-refractivity contribution in [3.63, 3.8) is 0 Å². The number of aromatic nitrogens is 6. The van der Waals surface area contributed by atoms with E-state index in [0.29, 0.717) is 0 Å². The Morgan fingerprint density at radius 1 is 1.21 bits per heavy atom. The molecular weight excluding hydrogens is 302 g/mol. The van der Waals surface area contributed by atoms with Crippen LogP contribution in [0.15, 0.2) is 31.1 Å². The highest BCUT2D eigenvalue weighted by atomic mass is 15.3. The molecular formula is C17H23N7. The van der Waals surface area contributed by atoms with Crippen molar-refractivity contribution in [3.05, 3.63) is 54.2 Å². The zero-order valence-electron chi connectivity index (χ0n) is 14.2. The third kappa shape index (κ3) is 2.54. The minimum absolute atomic E-state index is 0.0678. The van der Waals surface area contributed by atoms with Crippen molar-refractivity contribution in [3.8, 4) is 0 Å². The number of nitrogens with zero attached hydrogens (tertiary/aromatic N) is 6. The Hall–Kier alpha value is -2.41. The topological polar surface area (TPSA) is 67.6 Å². The van der Waals surface area contributed by atoms with Crippen molar-refractivity contribution >= 4 is 0 Å². The van der Waals surface area contributed by atoms with Crippen LogP contribution in [0.25, 0.3) is 0 Å². The van der Waals surface area contributed by atoms with Crippen LogP contribution in [0.1, 0.15) is 42.4 Å². The number of H-pyrrole nitrogens is 1. The van der Waals surface area contributed by atoms with Gasteiger partial charge in [0, 0.05) is 57.0 Å². The summed E-state index contributed by atoms with van der Waals surface area (Å²) in [4.78, 5) is 19.5. The number of hydrogen-bond acceptors (Lipinski definition) is 4. The molecule has 126 valence electrons. The smallest absolute Gasteiger partial charge is 0.132 e. The van der Waals surface area contributed by atoms with Gasteiger partial charge in [-0.15, -0.1) is 0 Å². The van der Waals surface area contributed by atoms with Gasteiger partial charge in [-0.05, 0) is 6.42 Å². The number of aromatic amines is 1. The first kappa shape index (κ1) is 15.1. The second-order valence-corrected chi connectivity index (χ2v) is 6.32. The predicted molar refractivity (Wildman–Crippen MR) is 90.3 cm³/mol. The van der Waals surface area contributed by atoms with E-state index in [1.807, 2.05) is 25.6 Å². The minimum Gasteiger partial charge on any atom is -0.348 e. The lowest BCUT2D eigenvalue weighted by molar-refractivity contribution is 0.183. The molecule has 1 atom stereocenters. The summed E-state index contributed by atoms with van der Waals surface area (Å²) in [5.41, 5.74) is 2.32. The molecule has 3 aromatic rings. The Kier molecular flexibility index (Phi) is 3.93. The molecule has 0 spiro atoms. The Labute approximate surface area is 141 Å². The Morgan fingerprint density at radius 3 is 2.88 bits per heavy atom. The van der Waals surface area contributed by atoms with E-state index in [1.54, 1.807) is 6.33 Å². The van der Waals surface area contributed by atoms with E-state index in [-0.39, 0.29) is 6.04 Å². The average molecular weight is 325 g/mol. The van der Waals surface area contributed by atoms with Gasteiger partial charge in [0.15, 0.2) is 0 Å². The second kappa shape index (κ2) is 6.24. The second-order valence-electron chi connectivity index (χ2n) is 6.32. The van der Waals surface area contributed by atoms with Gasteiger partial charge in [0.1, 0.15) is 17.7 Å². The maximum atomic E-state index is 4.68. The molecule has 0 saturated heterocycles. The average Bonchev–Trinajstić information content (AvgIpc) is 3.30. The van der Waals surface area contributed by atoms with E-state index in [1.165, 1.54) is 5.69 Å². The fraction of sp³-hybridized carbons (Fsp3) is 0.471. The van der Waals surface area contributed by atoms with E-state index < -0.39 is 0 Å². The van der Waals surface area contributed by atoms with Crippen LogP contribution in [0.2, 0.25) is 0 Å². The Balaban J connectivity index is 1.73. The fourth-order valence-corrected chi connectivity index (χ4v) is 3.51. The van der Waals surface area contributed by atoms with Crippen LogP contribution in [0.4, 0.5) is 0 Å². The van der Waals surface area contributed by atoms with Crippen LogP contribution in [0, 0.1) is 0 Å². The van der Waals surface area contributed by atoms with Crippen LogP contribution < -0.4 is 0 Å². The summed E-state index contributed by atoms with van der Waals surface area (Å²) in [5, 5.41) is 0. The van der Waals surface area contributed by atoms with Gasteiger partial charge in [0.25, 0.3) is 0 Å². The summed E-state index contributed by atoms with van der Waals surface area (Å²) in [6.07, 6.45) is 11.7. The molecule has 1 aliphatic rings. The lowest BCUT2D eigenvalue weighted by atomic mass is 10.0. The highest BCUT2D eigenvalue weighted by molar-refractivity contribution is 5.26. The lowest BCUT2D eigenvalue weighted by Crippen LogP contribution is -2.38. The number of imidazole rings is 3. The molecule has 24 heavy (non-hydrogen) atoms. The van der Waals surface area contributed by atoms with Crippen LogP contribution in [-0.4, -0.2) is 40.5 Å². The van der Waals surface area contributed by atoms with Gasteiger partial charge in [-0.25, -0.2) is 15.0 Å². The summed E-state index contributed by atoms with van der Waals surface area (Å²) >= 11 is 0. The zero-order valence-corrected chi connectivity index (χ0v) is 14.2. The molecule has 4 rings (SSSR count). The quantitative estimate of drug-likeness (QED) is 0.778. The fourth-order valence-electron chi connectivity index (χ4n) is 3.51. The molecule has 0 unspecified atom stereocenters. The van der Waals surface area contributed by atoms with Crippen LogP contribution in [-0.2, 0) is 26.6 Å². The largest absolute Gasteiger partial charge is 0.348 e. The monoisotopic (exact) mass is 325 g/mol. The minimum atomic E-state index is 0.0678. The SMILES string of the molecule is CCCn1ccnc1[C@H]1c2nc[nH]c2CCN1Cc1nccn1C. The van der Waals surface area contributed by atoms with Crippen molar-refractivity contribution in [2.24, 2.45) is 7.05 Å². The van der Waals surface area contributed by atoms with Gasteiger partial charge in [0.2, 0.25) is 0 Å². The maximum Gasteiger partial charge on any atom is 0.132 e. The van der Waals surface area contributed by atoms with Crippen LogP contribution in [0.5, 0.6) is 0 Å². The van der Waals surface area contributed by atoms with Crippen LogP contribution >= 0.6 is 0 Å². The van der Waals surface area contributed by atoms with Crippen LogP contribution in [0.3, 0.4) is 0 Å². The summed E-state index contributed by atoms with van der Waals surface area (Å²) in [6, 6.07) is 0.0678. The van der Waals surface area contributed by atoms with Gasteiger partial charge in [-0.1, -0.05) is 6.92 Å². The standard InChI is InChI=1S/C17H23N7/c1-3-7-23-10-6-19-17(23)16-15-13(20-12-21-15)4-8-24(16)11-14-18-5-9-22(14)2/h5-6,9-10,12,16H,3-4,7-8,11H2,1-2H3,(H,20,21)/t16-/m1/s1. The lowest BCUT2D eigenvalue weighted by Gasteiger charge is -2.34. The summed E-state index contributed by atoms with van der Waals surface area (Å²) in [7, 11) is 2.04. The van der Waals surface area contributed by atoms with E-state index in [9.17, 15) is 0 Å². The molecule has 0 aromatic carbocycles. The molecule has 3 aromatic heterocycles. The molecule has 0 aliphatic carbocycles. The number of fused-ring (bicyclic) bond motifs is 1. The molecule has 7 nitrogen and oxygen atoms in total. The van der Waals surface area contributed by atoms with Crippen molar-refractivity contribution in [1.29, 1.82) is 0 Å². The first-order chi connectivity index (χ1) is 11.8. The Morgan fingerprint density at radius 2 is 2.08 bits per heavy atom. The first-order valence-corrected chi connectivity index (χ1v) is 8.51. The maximum absolute atomic E-state index is 4.68. The van der Waals surface area contributed by atoms with Crippen molar-refractivity contribution in [2.45, 2.75) is 38.9 Å². The summed E-state index contributed by atoms with van der Waals surface area (Å²) < 4.78 is 4.33. The summed E-state index contributed by atoms with van der Waals surface area (Å²) in [6.45, 7) is 4.92. The van der Waals surface area contributed by atoms with E-state index in [0.717, 1.165) is 49.8 Å². The molecule has 0 amide bonds. The van der Waals surface area contributed by atoms with Crippen molar-refractivity contribution in [1.82, 2.24) is 34.0 Å². The molecule has 0 fully saturated rings. The van der Waals surface area contributed by atoms with Crippen molar-refractivity contribution in [2.75, 3.05) is 6.54 Å². The van der Waals surface area contributed by atoms with Gasteiger partial charge in [0.05, 0.1) is 18.6 Å². The van der Waals surface area contributed by atoms with E-state index >= 15 is 0 Å². The number of rotatable bonds is 5. The highest BCUT2D eigenvalue weighted by Crippen LogP contribution is 2.33. The molecule has 0 bridgehead atoms. The number of aryl methyl sites for hydroxylation is 2. The summed E-state index contributed by atoms with van der Waals surface area (Å²) in [5.74, 6) is 2.13. The normalized spacial score (nSPS) is 18.0. The highest BCUT2D eigenvalue weighted by Gasteiger charge is 2.34. The third-order valence-electron chi connectivity index (χ3n) is 4.75. The van der Waals surface area contributed by atoms with Crippen molar-refractivity contribution < 1.29 is 0 Å². The van der Waals surface area contributed by atoms with E-state index in [2.05, 4.69) is 47.1 Å². The molecule has 0 radical (unpaired) electrons. The first-order valence-electron chi connectivity index (χ1n) is 8.51. The molecule has 1 aliphatic heterocycles. The van der Waals surface area contributed by atoms with Gasteiger partial charge < -0.3 is 14.1 Å². The Bertz CT molecular complexity index is 812. The molecule has 4 heterocycles. The zero-order chi connectivity index (χ0) is 16.5. The van der Waals surface area contributed by atoms with E-state index in [4.69, 9.17) is 0 Å². The number of hydrogen-bond donors (Lipinski definition) is 1. The third-order valence-corrected chi connectivity index (χ3v) is 4.75. The molecule has 0 saturated carbocycles. The number of nitrogens with one attached hydrogen (secondary N) is 1. The molecule has 7 heteroatoms. The molecule has 1 N–H and O–H groups in total. The van der Waals surface area contributed by atoms with Gasteiger partial charge in [-0.2, -0.15) is 0 Å². The predicted octanol–water partition coefficient (Wildman–Crippen LogP) is 1.90.